The van der Waals surface area contributed by atoms with Gasteiger partial charge in [0.2, 0.25) is 5.91 Å². The van der Waals surface area contributed by atoms with E-state index in [4.69, 9.17) is 0 Å². The molecule has 2 rings (SSSR count). The van der Waals surface area contributed by atoms with Gasteiger partial charge in [-0.3, -0.25) is 4.79 Å². The largest absolute Gasteiger partial charge is 0.387 e. The predicted octanol–water partition coefficient (Wildman–Crippen LogP) is 3.08. The molecule has 0 bridgehead atoms. The average Bonchev–Trinajstić information content (AvgIpc) is 2.60. The molecule has 0 radical (unpaired) electrons. The van der Waals surface area contributed by atoms with E-state index in [2.05, 4.69) is 5.32 Å². The second-order valence-corrected chi connectivity index (χ2v) is 6.89. The molecule has 0 aliphatic rings. The first-order chi connectivity index (χ1) is 11.6. The first kappa shape index (κ1) is 18.4. The summed E-state index contributed by atoms with van der Waals surface area (Å²) in [7, 11) is 3.94. The molecule has 128 valence electrons. The third-order valence-corrected chi connectivity index (χ3v) is 4.64. The predicted molar refractivity (Wildman–Crippen MR) is 101 cm³/mol. The van der Waals surface area contributed by atoms with E-state index in [0.29, 0.717) is 6.42 Å². The molecule has 0 heterocycles. The second kappa shape index (κ2) is 9.35. The fourth-order valence-corrected chi connectivity index (χ4v) is 3.06. The van der Waals surface area contributed by atoms with Gasteiger partial charge < -0.3 is 15.3 Å². The Morgan fingerprint density at radius 1 is 1.12 bits per heavy atom. The van der Waals surface area contributed by atoms with Crippen LogP contribution in [0.5, 0.6) is 0 Å². The Hall–Kier alpha value is -1.98. The molecule has 0 aromatic heterocycles. The lowest BCUT2D eigenvalue weighted by atomic mass is 10.1. The van der Waals surface area contributed by atoms with Gasteiger partial charge in [0.05, 0.1) is 6.10 Å². The van der Waals surface area contributed by atoms with Crippen LogP contribution in [-0.2, 0) is 4.79 Å². The molecular weight excluding hydrogens is 320 g/mol. The number of aliphatic hydroxyl groups is 1. The molecule has 0 spiro atoms. The SMILES string of the molecule is CN(C)c1ccc(C(O)CNC(=O)CCSc2ccccc2)cc1. The zero-order chi connectivity index (χ0) is 17.4. The number of carbonyl (C=O) groups is 1. The summed E-state index contributed by atoms with van der Waals surface area (Å²) in [6, 6.07) is 17.7. The zero-order valence-corrected chi connectivity index (χ0v) is 14.9. The maximum Gasteiger partial charge on any atom is 0.220 e. The molecular formula is C19H24N2O2S. The van der Waals surface area contributed by atoms with Gasteiger partial charge in [0.1, 0.15) is 0 Å². The van der Waals surface area contributed by atoms with Gasteiger partial charge in [-0.25, -0.2) is 0 Å². The van der Waals surface area contributed by atoms with Gasteiger partial charge in [-0.05, 0) is 29.8 Å². The summed E-state index contributed by atoms with van der Waals surface area (Å²) in [4.78, 5) is 15.0. The van der Waals surface area contributed by atoms with E-state index in [9.17, 15) is 9.90 Å². The zero-order valence-electron chi connectivity index (χ0n) is 14.1. The van der Waals surface area contributed by atoms with Gasteiger partial charge in [-0.1, -0.05) is 30.3 Å². The van der Waals surface area contributed by atoms with E-state index in [-0.39, 0.29) is 12.5 Å². The first-order valence-electron chi connectivity index (χ1n) is 7.96. The Balaban J connectivity index is 1.70. The van der Waals surface area contributed by atoms with Crippen molar-refractivity contribution in [1.29, 1.82) is 0 Å². The minimum Gasteiger partial charge on any atom is -0.387 e. The first-order valence-corrected chi connectivity index (χ1v) is 8.94. The lowest BCUT2D eigenvalue weighted by molar-refractivity contribution is -0.121. The number of carbonyl (C=O) groups excluding carboxylic acids is 1. The molecule has 0 saturated carbocycles. The monoisotopic (exact) mass is 344 g/mol. The molecule has 1 amide bonds. The molecule has 5 heteroatoms. The van der Waals surface area contributed by atoms with Crippen molar-refractivity contribution in [2.45, 2.75) is 17.4 Å². The number of nitrogens with zero attached hydrogens (tertiary/aromatic N) is 1. The van der Waals surface area contributed by atoms with Crippen LogP contribution in [0.2, 0.25) is 0 Å². The van der Waals surface area contributed by atoms with Gasteiger partial charge in [0, 0.05) is 43.4 Å². The van der Waals surface area contributed by atoms with Gasteiger partial charge in [0.25, 0.3) is 0 Å². The lowest BCUT2D eigenvalue weighted by Gasteiger charge is -2.15. The molecule has 1 unspecified atom stereocenters. The summed E-state index contributed by atoms with van der Waals surface area (Å²) in [5.41, 5.74) is 1.88. The standard InChI is InChI=1S/C19H24N2O2S/c1-21(2)16-10-8-15(9-11-16)18(22)14-20-19(23)12-13-24-17-6-4-3-5-7-17/h3-11,18,22H,12-14H2,1-2H3,(H,20,23). The summed E-state index contributed by atoms with van der Waals surface area (Å²) in [5, 5.41) is 13.0. The number of hydrogen-bond donors (Lipinski definition) is 2. The number of hydrogen-bond acceptors (Lipinski definition) is 4. The van der Waals surface area contributed by atoms with Crippen LogP contribution in [0.1, 0.15) is 18.1 Å². The molecule has 1 atom stereocenters. The second-order valence-electron chi connectivity index (χ2n) is 5.72. The fraction of sp³-hybridized carbons (Fsp3) is 0.316. The van der Waals surface area contributed by atoms with Crippen molar-refractivity contribution in [3.8, 4) is 0 Å². The highest BCUT2D eigenvalue weighted by molar-refractivity contribution is 7.99. The van der Waals surface area contributed by atoms with Crippen molar-refractivity contribution in [1.82, 2.24) is 5.32 Å². The molecule has 2 aromatic rings. The number of rotatable bonds is 8. The summed E-state index contributed by atoms with van der Waals surface area (Å²) >= 11 is 1.66. The highest BCUT2D eigenvalue weighted by Crippen LogP contribution is 2.19. The van der Waals surface area contributed by atoms with Crippen LogP contribution >= 0.6 is 11.8 Å². The number of thioether (sulfide) groups is 1. The van der Waals surface area contributed by atoms with Crippen molar-refractivity contribution >= 4 is 23.4 Å². The Bertz CT molecular complexity index is 630. The average molecular weight is 344 g/mol. The number of nitrogens with one attached hydrogen (secondary N) is 1. The van der Waals surface area contributed by atoms with Gasteiger partial charge >= 0.3 is 0 Å². The maximum atomic E-state index is 11.9. The molecule has 0 aliphatic heterocycles. The summed E-state index contributed by atoms with van der Waals surface area (Å²) in [6.07, 6.45) is -0.252. The Labute approximate surface area is 147 Å². The third kappa shape index (κ3) is 5.91. The third-order valence-electron chi connectivity index (χ3n) is 3.63. The van der Waals surface area contributed by atoms with Crippen LogP contribution in [0.15, 0.2) is 59.5 Å². The topological polar surface area (TPSA) is 52.6 Å². The minimum absolute atomic E-state index is 0.0395. The number of aliphatic hydroxyl groups excluding tert-OH is 1. The van der Waals surface area contributed by atoms with Gasteiger partial charge in [-0.2, -0.15) is 0 Å². The Morgan fingerprint density at radius 2 is 1.79 bits per heavy atom. The quantitative estimate of drug-likeness (QED) is 0.723. The van der Waals surface area contributed by atoms with Crippen LogP contribution < -0.4 is 10.2 Å². The maximum absolute atomic E-state index is 11.9. The van der Waals surface area contributed by atoms with Crippen molar-refractivity contribution in [3.05, 3.63) is 60.2 Å². The smallest absolute Gasteiger partial charge is 0.220 e. The van der Waals surface area contributed by atoms with Crippen molar-refractivity contribution in [2.24, 2.45) is 0 Å². The number of benzene rings is 2. The van der Waals surface area contributed by atoms with Gasteiger partial charge in [0.15, 0.2) is 0 Å². The lowest BCUT2D eigenvalue weighted by Crippen LogP contribution is -2.28. The number of amides is 1. The van der Waals surface area contributed by atoms with E-state index >= 15 is 0 Å². The van der Waals surface area contributed by atoms with Crippen molar-refractivity contribution in [3.63, 3.8) is 0 Å². The van der Waals surface area contributed by atoms with E-state index in [1.165, 1.54) is 0 Å². The van der Waals surface area contributed by atoms with E-state index in [1.54, 1.807) is 11.8 Å². The van der Waals surface area contributed by atoms with Crippen LogP contribution in [-0.4, -0.2) is 37.4 Å². The summed E-state index contributed by atoms with van der Waals surface area (Å²) in [6.45, 7) is 0.232. The molecule has 0 saturated heterocycles. The van der Waals surface area contributed by atoms with Crippen molar-refractivity contribution < 1.29 is 9.90 Å². The fourth-order valence-electron chi connectivity index (χ4n) is 2.19. The molecule has 2 N–H and O–H groups in total. The Morgan fingerprint density at radius 3 is 2.42 bits per heavy atom. The van der Waals surface area contributed by atoms with Crippen LogP contribution in [0, 0.1) is 0 Å². The highest BCUT2D eigenvalue weighted by atomic mass is 32.2. The molecule has 0 aliphatic carbocycles. The minimum atomic E-state index is -0.688. The molecule has 4 nitrogen and oxygen atoms in total. The van der Waals surface area contributed by atoms with E-state index in [1.807, 2.05) is 73.6 Å². The number of anilines is 1. The van der Waals surface area contributed by atoms with Gasteiger partial charge in [-0.15, -0.1) is 11.8 Å². The Kier molecular flexibility index (Phi) is 7.15. The van der Waals surface area contributed by atoms with E-state index in [0.717, 1.165) is 21.9 Å². The molecule has 0 fully saturated rings. The summed E-state index contributed by atoms with van der Waals surface area (Å²) in [5.74, 6) is 0.686. The summed E-state index contributed by atoms with van der Waals surface area (Å²) < 4.78 is 0. The normalized spacial score (nSPS) is 11.8. The van der Waals surface area contributed by atoms with E-state index < -0.39 is 6.10 Å². The van der Waals surface area contributed by atoms with Crippen LogP contribution in [0.25, 0.3) is 0 Å². The highest BCUT2D eigenvalue weighted by Gasteiger charge is 2.10. The molecule has 2 aromatic carbocycles. The van der Waals surface area contributed by atoms with Crippen LogP contribution in [0.4, 0.5) is 5.69 Å². The molecule has 24 heavy (non-hydrogen) atoms. The van der Waals surface area contributed by atoms with Crippen molar-refractivity contribution in [2.75, 3.05) is 31.3 Å². The van der Waals surface area contributed by atoms with Crippen LogP contribution in [0.3, 0.4) is 0 Å².